The predicted octanol–water partition coefficient (Wildman–Crippen LogP) is 3.51. The summed E-state index contributed by atoms with van der Waals surface area (Å²) in [7, 11) is 0. The first kappa shape index (κ1) is 23.3. The second-order valence-electron chi connectivity index (χ2n) is 8.93. The third-order valence-corrected chi connectivity index (χ3v) is 6.67. The van der Waals surface area contributed by atoms with Crippen LogP contribution in [0, 0.1) is 11.7 Å². The van der Waals surface area contributed by atoms with Crippen molar-refractivity contribution in [3.8, 4) is 11.5 Å². The van der Waals surface area contributed by atoms with Gasteiger partial charge in [-0.3, -0.25) is 14.5 Å². The topological polar surface area (TPSA) is 80.7 Å². The van der Waals surface area contributed by atoms with E-state index in [2.05, 4.69) is 5.10 Å². The van der Waals surface area contributed by atoms with Crippen LogP contribution in [0.25, 0.3) is 0 Å². The summed E-state index contributed by atoms with van der Waals surface area (Å²) in [5.41, 5.74) is 2.18. The van der Waals surface area contributed by atoms with E-state index in [0.717, 1.165) is 5.56 Å². The molecule has 0 spiro atoms. The fourth-order valence-corrected chi connectivity index (χ4v) is 4.81. The first-order chi connectivity index (χ1) is 17.0. The minimum atomic E-state index is -0.348. The lowest BCUT2D eigenvalue weighted by Crippen LogP contribution is -2.43. The molecule has 1 unspecified atom stereocenters. The molecule has 0 aliphatic carbocycles. The van der Waals surface area contributed by atoms with Crippen molar-refractivity contribution in [1.29, 1.82) is 0 Å². The minimum Gasteiger partial charge on any atom is -0.466 e. The number of piperidine rings is 1. The van der Waals surface area contributed by atoms with Crippen LogP contribution >= 0.6 is 0 Å². The molecule has 8 nitrogen and oxygen atoms in total. The number of hydrazone groups is 1. The van der Waals surface area contributed by atoms with E-state index in [9.17, 15) is 14.0 Å². The smallest absolute Gasteiger partial charge is 0.309 e. The van der Waals surface area contributed by atoms with Crippen LogP contribution in [0.4, 0.5) is 4.39 Å². The van der Waals surface area contributed by atoms with Crippen molar-refractivity contribution in [2.75, 3.05) is 33.0 Å². The molecule has 3 heterocycles. The number of likely N-dealkylation sites (tertiary alicyclic amines) is 1. The van der Waals surface area contributed by atoms with Crippen molar-refractivity contribution < 1.29 is 28.2 Å². The summed E-state index contributed by atoms with van der Waals surface area (Å²) in [5, 5.41) is 6.15. The molecular formula is C26H28FN3O5. The number of ether oxygens (including phenoxy) is 3. The third-order valence-electron chi connectivity index (χ3n) is 6.67. The Kier molecular flexibility index (Phi) is 6.68. The maximum atomic E-state index is 13.9. The molecule has 2 aromatic rings. The van der Waals surface area contributed by atoms with Crippen LogP contribution in [-0.4, -0.2) is 60.5 Å². The molecule has 0 aromatic heterocycles. The van der Waals surface area contributed by atoms with Gasteiger partial charge in [0, 0.05) is 12.0 Å². The number of benzene rings is 2. The van der Waals surface area contributed by atoms with Crippen LogP contribution in [0.5, 0.6) is 11.5 Å². The molecule has 2 aromatic carbocycles. The molecule has 3 aliphatic heterocycles. The summed E-state index contributed by atoms with van der Waals surface area (Å²) < 4.78 is 30.0. The Hall–Kier alpha value is -3.46. The van der Waals surface area contributed by atoms with Gasteiger partial charge >= 0.3 is 5.97 Å². The Bertz CT molecular complexity index is 1150. The molecule has 1 saturated heterocycles. The van der Waals surface area contributed by atoms with Gasteiger partial charge in [-0.15, -0.1) is 0 Å². The summed E-state index contributed by atoms with van der Waals surface area (Å²) in [6.07, 6.45) is 1.78. The highest BCUT2D eigenvalue weighted by Crippen LogP contribution is 2.39. The molecule has 1 amide bonds. The van der Waals surface area contributed by atoms with Gasteiger partial charge in [0.2, 0.25) is 6.79 Å². The highest BCUT2D eigenvalue weighted by molar-refractivity contribution is 6.03. The molecule has 0 N–H and O–H groups in total. The van der Waals surface area contributed by atoms with E-state index in [1.54, 1.807) is 19.1 Å². The van der Waals surface area contributed by atoms with Gasteiger partial charge in [0.25, 0.3) is 5.91 Å². The van der Waals surface area contributed by atoms with E-state index < -0.39 is 0 Å². The molecule has 184 valence electrons. The average Bonchev–Trinajstić information content (AvgIpc) is 3.52. The number of hydrogen-bond donors (Lipinski definition) is 0. The van der Waals surface area contributed by atoms with Crippen LogP contribution in [0.2, 0.25) is 0 Å². The van der Waals surface area contributed by atoms with Gasteiger partial charge in [0.05, 0.1) is 30.8 Å². The zero-order chi connectivity index (χ0) is 24.4. The van der Waals surface area contributed by atoms with Gasteiger partial charge in [-0.05, 0) is 62.7 Å². The lowest BCUT2D eigenvalue weighted by Gasteiger charge is -2.32. The van der Waals surface area contributed by atoms with Crippen molar-refractivity contribution in [3.05, 3.63) is 59.4 Å². The van der Waals surface area contributed by atoms with Gasteiger partial charge in [-0.2, -0.15) is 5.10 Å². The summed E-state index contributed by atoms with van der Waals surface area (Å²) in [5.74, 6) is 0.528. The predicted molar refractivity (Wildman–Crippen MR) is 126 cm³/mol. The number of rotatable bonds is 6. The lowest BCUT2D eigenvalue weighted by molar-refractivity contribution is -0.149. The zero-order valence-electron chi connectivity index (χ0n) is 19.6. The summed E-state index contributed by atoms with van der Waals surface area (Å²) in [6.45, 7) is 3.81. The number of carbonyl (C=O) groups is 2. The molecule has 5 rings (SSSR count). The summed E-state index contributed by atoms with van der Waals surface area (Å²) >= 11 is 0. The van der Waals surface area contributed by atoms with E-state index in [-0.39, 0.29) is 43.0 Å². The molecule has 1 atom stereocenters. The normalized spacial score (nSPS) is 20.1. The summed E-state index contributed by atoms with van der Waals surface area (Å²) in [4.78, 5) is 27.5. The van der Waals surface area contributed by atoms with Gasteiger partial charge in [-0.1, -0.05) is 18.2 Å². The van der Waals surface area contributed by atoms with Gasteiger partial charge < -0.3 is 14.2 Å². The van der Waals surface area contributed by atoms with Crippen LogP contribution in [0.15, 0.2) is 47.6 Å². The van der Waals surface area contributed by atoms with E-state index in [1.165, 1.54) is 17.1 Å². The van der Waals surface area contributed by atoms with E-state index in [4.69, 9.17) is 14.2 Å². The Balaban J connectivity index is 1.33. The number of amides is 1. The molecule has 0 saturated carbocycles. The maximum Gasteiger partial charge on any atom is 0.309 e. The second-order valence-corrected chi connectivity index (χ2v) is 8.93. The Morgan fingerprint density at radius 1 is 1.11 bits per heavy atom. The van der Waals surface area contributed by atoms with Crippen molar-refractivity contribution in [3.63, 3.8) is 0 Å². The fourth-order valence-electron chi connectivity index (χ4n) is 4.81. The maximum absolute atomic E-state index is 13.9. The molecule has 9 heteroatoms. The third kappa shape index (κ3) is 5.00. The van der Waals surface area contributed by atoms with Crippen LogP contribution < -0.4 is 9.47 Å². The Morgan fingerprint density at radius 2 is 1.91 bits per heavy atom. The average molecular weight is 482 g/mol. The van der Waals surface area contributed by atoms with Gasteiger partial charge in [0.1, 0.15) is 5.82 Å². The fraction of sp³-hybridized carbons (Fsp3) is 0.423. The first-order valence-corrected chi connectivity index (χ1v) is 12.0. The number of carbonyl (C=O) groups excluding carboxylic acids is 2. The van der Waals surface area contributed by atoms with Crippen LogP contribution in [0.3, 0.4) is 0 Å². The largest absolute Gasteiger partial charge is 0.466 e. The number of halogens is 1. The van der Waals surface area contributed by atoms with Crippen molar-refractivity contribution >= 4 is 17.6 Å². The number of hydrogen-bond acceptors (Lipinski definition) is 7. The monoisotopic (exact) mass is 481 g/mol. The molecule has 3 aliphatic rings. The zero-order valence-corrected chi connectivity index (χ0v) is 19.6. The first-order valence-electron chi connectivity index (χ1n) is 12.0. The van der Waals surface area contributed by atoms with Crippen LogP contribution in [-0.2, 0) is 14.3 Å². The number of nitrogens with zero attached hydrogens (tertiary/aromatic N) is 3. The number of esters is 1. The van der Waals surface area contributed by atoms with Crippen LogP contribution in [0.1, 0.15) is 43.4 Å². The Morgan fingerprint density at radius 3 is 2.69 bits per heavy atom. The lowest BCUT2D eigenvalue weighted by atomic mass is 9.96. The molecule has 0 radical (unpaired) electrons. The highest BCUT2D eigenvalue weighted by Gasteiger charge is 2.35. The van der Waals surface area contributed by atoms with Crippen molar-refractivity contribution in [2.45, 2.75) is 32.2 Å². The van der Waals surface area contributed by atoms with Gasteiger partial charge in [0.15, 0.2) is 11.5 Å². The van der Waals surface area contributed by atoms with Gasteiger partial charge in [-0.25, -0.2) is 9.40 Å². The molecule has 35 heavy (non-hydrogen) atoms. The molecular weight excluding hydrogens is 453 g/mol. The molecule has 1 fully saturated rings. The minimum absolute atomic E-state index is 0.118. The van der Waals surface area contributed by atoms with E-state index in [1.807, 2.05) is 23.1 Å². The summed E-state index contributed by atoms with van der Waals surface area (Å²) in [6, 6.07) is 11.5. The van der Waals surface area contributed by atoms with Crippen molar-refractivity contribution in [2.24, 2.45) is 11.0 Å². The Labute approximate surface area is 203 Å². The van der Waals surface area contributed by atoms with E-state index in [0.29, 0.717) is 61.7 Å². The number of fused-ring (bicyclic) bond motifs is 1. The SMILES string of the molecule is CCOC(=O)C1CCN(CC(=O)N2N=C(c3cccc(F)c3)CC2c2ccc3c(c2)OCO3)CC1. The second kappa shape index (κ2) is 10.0. The van der Waals surface area contributed by atoms with Crippen molar-refractivity contribution in [1.82, 2.24) is 9.91 Å². The molecule has 0 bridgehead atoms. The standard InChI is InChI=1S/C26H28FN3O5/c1-2-33-26(32)17-8-10-29(11-9-17)15-25(31)30-22(19-6-7-23-24(13-19)35-16-34-23)14-21(28-30)18-4-3-5-20(27)12-18/h3-7,12-13,17,22H,2,8-11,14-16H2,1H3. The quantitative estimate of drug-likeness (QED) is 0.588. The highest BCUT2D eigenvalue weighted by atomic mass is 19.1. The van der Waals surface area contributed by atoms with E-state index >= 15 is 0 Å².